The molecule has 3 aromatic rings. The molecule has 1 aromatic carbocycles. The lowest BCUT2D eigenvalue weighted by molar-refractivity contribution is 0.331. The fourth-order valence-electron chi connectivity index (χ4n) is 3.23. The molecule has 4 N–H and O–H groups in total. The van der Waals surface area contributed by atoms with E-state index in [1.165, 1.54) is 37.1 Å². The number of benzene rings is 1. The molecule has 124 valence electrons. The van der Waals surface area contributed by atoms with E-state index in [4.69, 9.17) is 11.5 Å². The second-order valence-corrected chi connectivity index (χ2v) is 6.33. The first kappa shape index (κ1) is 14.9. The minimum Gasteiger partial charge on any atom is -0.380 e. The molecular formula is C17H21N7. The smallest absolute Gasteiger partial charge is 0.240 e. The molecule has 1 saturated heterocycles. The van der Waals surface area contributed by atoms with Crippen molar-refractivity contribution in [2.24, 2.45) is 0 Å². The third kappa shape index (κ3) is 3.03. The Morgan fingerprint density at radius 2 is 1.67 bits per heavy atom. The zero-order valence-electron chi connectivity index (χ0n) is 13.5. The maximum absolute atomic E-state index is 5.84. The Balaban J connectivity index is 1.49. The van der Waals surface area contributed by atoms with Gasteiger partial charge >= 0.3 is 0 Å². The predicted molar refractivity (Wildman–Crippen MR) is 93.4 cm³/mol. The van der Waals surface area contributed by atoms with Gasteiger partial charge in [-0.1, -0.05) is 24.3 Å². The average molecular weight is 323 g/mol. The highest BCUT2D eigenvalue weighted by molar-refractivity contribution is 5.60. The fourth-order valence-corrected chi connectivity index (χ4v) is 3.23. The van der Waals surface area contributed by atoms with Crippen LogP contribution in [-0.4, -0.2) is 37.6 Å². The van der Waals surface area contributed by atoms with Gasteiger partial charge in [0.15, 0.2) is 11.5 Å². The zero-order chi connectivity index (χ0) is 16.5. The summed E-state index contributed by atoms with van der Waals surface area (Å²) in [5.41, 5.74) is 15.5. The molecule has 1 aliphatic heterocycles. The Morgan fingerprint density at radius 1 is 0.958 bits per heavy atom. The zero-order valence-corrected chi connectivity index (χ0v) is 13.5. The Morgan fingerprint density at radius 3 is 2.42 bits per heavy atom. The lowest BCUT2D eigenvalue weighted by atomic mass is 10.1. The van der Waals surface area contributed by atoms with Crippen molar-refractivity contribution < 1.29 is 0 Å². The SMILES string of the molecule is Nc1nc(N)c2nc(Cc3ccc(CN4CCCC4)cc3)cn2n1. The number of hydrogen-bond acceptors (Lipinski definition) is 6. The van der Waals surface area contributed by atoms with Gasteiger partial charge in [-0.05, 0) is 37.1 Å². The summed E-state index contributed by atoms with van der Waals surface area (Å²) >= 11 is 0. The van der Waals surface area contributed by atoms with Gasteiger partial charge in [-0.15, -0.1) is 5.10 Å². The van der Waals surface area contributed by atoms with E-state index in [-0.39, 0.29) is 5.95 Å². The summed E-state index contributed by atoms with van der Waals surface area (Å²) in [6, 6.07) is 8.74. The van der Waals surface area contributed by atoms with Crippen LogP contribution in [0.25, 0.3) is 5.65 Å². The number of nitrogen functional groups attached to an aromatic ring is 2. The second kappa shape index (κ2) is 6.09. The first-order chi connectivity index (χ1) is 11.7. The van der Waals surface area contributed by atoms with E-state index in [0.717, 1.165) is 18.7 Å². The van der Waals surface area contributed by atoms with Gasteiger partial charge in [0.1, 0.15) is 0 Å². The van der Waals surface area contributed by atoms with Gasteiger partial charge in [0.2, 0.25) is 5.95 Å². The van der Waals surface area contributed by atoms with Gasteiger partial charge in [0.05, 0.1) is 11.9 Å². The average Bonchev–Trinajstić information content (AvgIpc) is 3.19. The summed E-state index contributed by atoms with van der Waals surface area (Å²) in [6.45, 7) is 3.48. The van der Waals surface area contributed by atoms with Crippen molar-refractivity contribution in [1.82, 2.24) is 24.5 Å². The summed E-state index contributed by atoms with van der Waals surface area (Å²) in [4.78, 5) is 10.9. The highest BCUT2D eigenvalue weighted by atomic mass is 15.3. The Hall–Kier alpha value is -2.67. The monoisotopic (exact) mass is 323 g/mol. The third-order valence-corrected chi connectivity index (χ3v) is 4.43. The van der Waals surface area contributed by atoms with Crippen molar-refractivity contribution in [1.29, 1.82) is 0 Å². The van der Waals surface area contributed by atoms with Gasteiger partial charge in [-0.3, -0.25) is 4.90 Å². The van der Waals surface area contributed by atoms with E-state index in [0.29, 0.717) is 11.5 Å². The molecule has 0 amide bonds. The van der Waals surface area contributed by atoms with Crippen LogP contribution < -0.4 is 11.5 Å². The van der Waals surface area contributed by atoms with E-state index in [9.17, 15) is 0 Å². The summed E-state index contributed by atoms with van der Waals surface area (Å²) in [5, 5.41) is 4.11. The van der Waals surface area contributed by atoms with Crippen LogP contribution in [0.2, 0.25) is 0 Å². The summed E-state index contributed by atoms with van der Waals surface area (Å²) in [7, 11) is 0. The fraction of sp³-hybridized carbons (Fsp3) is 0.353. The van der Waals surface area contributed by atoms with Gasteiger partial charge < -0.3 is 11.5 Å². The molecule has 0 aliphatic carbocycles. The maximum Gasteiger partial charge on any atom is 0.240 e. The molecule has 0 bridgehead atoms. The maximum atomic E-state index is 5.84. The van der Waals surface area contributed by atoms with Crippen molar-refractivity contribution in [3.05, 3.63) is 47.3 Å². The number of anilines is 2. The van der Waals surface area contributed by atoms with Gasteiger partial charge in [-0.2, -0.15) is 4.98 Å². The molecule has 0 unspecified atom stereocenters. The minimum atomic E-state index is 0.148. The highest BCUT2D eigenvalue weighted by Crippen LogP contribution is 2.16. The molecule has 0 spiro atoms. The normalized spacial score (nSPS) is 15.3. The minimum absolute atomic E-state index is 0.148. The molecule has 1 fully saturated rings. The number of nitrogens with zero attached hydrogens (tertiary/aromatic N) is 5. The molecule has 0 saturated carbocycles. The van der Waals surface area contributed by atoms with Crippen LogP contribution in [0.1, 0.15) is 29.7 Å². The quantitative estimate of drug-likeness (QED) is 0.754. The van der Waals surface area contributed by atoms with Crippen LogP contribution in [0.4, 0.5) is 11.8 Å². The van der Waals surface area contributed by atoms with Crippen LogP contribution in [0, 0.1) is 0 Å². The first-order valence-electron chi connectivity index (χ1n) is 8.25. The number of likely N-dealkylation sites (tertiary alicyclic amines) is 1. The van der Waals surface area contributed by atoms with Gasteiger partial charge in [0.25, 0.3) is 0 Å². The van der Waals surface area contributed by atoms with Crippen molar-refractivity contribution in [2.75, 3.05) is 24.6 Å². The van der Waals surface area contributed by atoms with E-state index in [1.807, 2.05) is 6.20 Å². The van der Waals surface area contributed by atoms with Crippen LogP contribution >= 0.6 is 0 Å². The molecule has 0 radical (unpaired) electrons. The van der Waals surface area contributed by atoms with Crippen molar-refractivity contribution >= 4 is 17.4 Å². The summed E-state index contributed by atoms with van der Waals surface area (Å²) in [6.07, 6.45) is 5.22. The molecule has 4 rings (SSSR count). The molecule has 2 aromatic heterocycles. The molecule has 24 heavy (non-hydrogen) atoms. The standard InChI is InChI=1S/C17H21N7/c18-15-16-20-14(11-24(16)22-17(19)21-15)9-12-3-5-13(6-4-12)10-23-7-1-2-8-23/h3-6,11H,1-2,7-10H2,(H4,18,19,21,22). The van der Waals surface area contributed by atoms with Crippen molar-refractivity contribution in [3.63, 3.8) is 0 Å². The highest BCUT2D eigenvalue weighted by Gasteiger charge is 2.12. The van der Waals surface area contributed by atoms with E-state index in [1.54, 1.807) is 4.52 Å². The molecule has 7 nitrogen and oxygen atoms in total. The third-order valence-electron chi connectivity index (χ3n) is 4.43. The van der Waals surface area contributed by atoms with E-state index in [2.05, 4.69) is 44.2 Å². The van der Waals surface area contributed by atoms with Crippen molar-refractivity contribution in [2.45, 2.75) is 25.8 Å². The number of nitrogens with two attached hydrogens (primary N) is 2. The Kier molecular flexibility index (Phi) is 3.78. The Labute approximate surface area is 140 Å². The molecular weight excluding hydrogens is 302 g/mol. The lowest BCUT2D eigenvalue weighted by Crippen LogP contribution is -2.18. The lowest BCUT2D eigenvalue weighted by Gasteiger charge is -2.14. The Bertz CT molecular complexity index is 847. The van der Waals surface area contributed by atoms with E-state index < -0.39 is 0 Å². The van der Waals surface area contributed by atoms with Gasteiger partial charge in [-0.25, -0.2) is 9.50 Å². The van der Waals surface area contributed by atoms with Crippen LogP contribution in [0.3, 0.4) is 0 Å². The van der Waals surface area contributed by atoms with Crippen molar-refractivity contribution in [3.8, 4) is 0 Å². The number of rotatable bonds is 4. The first-order valence-corrected chi connectivity index (χ1v) is 8.25. The largest absolute Gasteiger partial charge is 0.380 e. The van der Waals surface area contributed by atoms with Gasteiger partial charge in [0, 0.05) is 13.0 Å². The molecule has 3 heterocycles. The number of aromatic nitrogens is 4. The molecule has 7 heteroatoms. The second-order valence-electron chi connectivity index (χ2n) is 6.33. The predicted octanol–water partition coefficient (Wildman–Crippen LogP) is 1.48. The molecule has 0 atom stereocenters. The number of hydrogen-bond donors (Lipinski definition) is 2. The van der Waals surface area contributed by atoms with E-state index >= 15 is 0 Å². The number of fused-ring (bicyclic) bond motifs is 1. The van der Waals surface area contributed by atoms with Crippen LogP contribution in [-0.2, 0) is 13.0 Å². The summed E-state index contributed by atoms with van der Waals surface area (Å²) in [5.74, 6) is 0.449. The topological polar surface area (TPSA) is 98.4 Å². The summed E-state index contributed by atoms with van der Waals surface area (Å²) < 4.78 is 1.59. The molecule has 1 aliphatic rings. The number of imidazole rings is 1. The van der Waals surface area contributed by atoms with Crippen LogP contribution in [0.5, 0.6) is 0 Å². The van der Waals surface area contributed by atoms with Crippen LogP contribution in [0.15, 0.2) is 30.5 Å².